The van der Waals surface area contributed by atoms with E-state index < -0.39 is 0 Å². The van der Waals surface area contributed by atoms with Crippen LogP contribution in [0.4, 0.5) is 0 Å². The lowest BCUT2D eigenvalue weighted by Crippen LogP contribution is -2.40. The highest BCUT2D eigenvalue weighted by Gasteiger charge is 2.19. The Balaban J connectivity index is 2.59. The molecule has 5 nitrogen and oxygen atoms in total. The Bertz CT molecular complexity index is 415. The molecule has 0 saturated heterocycles. The second-order valence-corrected chi connectivity index (χ2v) is 4.33. The molecule has 0 aliphatic rings. The number of nitrogens with zero attached hydrogens (tertiary/aromatic N) is 1. The third-order valence-electron chi connectivity index (χ3n) is 2.03. The maximum absolute atomic E-state index is 11.8. The Morgan fingerprint density at radius 1 is 1.53 bits per heavy atom. The monoisotopic (exact) mass is 258 g/mol. The number of nitrogens with one attached hydrogen (secondary N) is 1. The van der Waals surface area contributed by atoms with Crippen molar-refractivity contribution in [1.82, 2.24) is 10.2 Å². The lowest BCUT2D eigenvalue weighted by Gasteiger charge is -2.17. The molecular weight excluding hydrogens is 244 g/mol. The SMILES string of the molecule is CC(C)NC(=O)CN(C)C(=O)c1ccoc1Cl. The van der Waals surface area contributed by atoms with Gasteiger partial charge in [0.2, 0.25) is 11.1 Å². The lowest BCUT2D eigenvalue weighted by atomic mass is 10.3. The first-order valence-electron chi connectivity index (χ1n) is 5.19. The van der Waals surface area contributed by atoms with E-state index in [-0.39, 0.29) is 35.2 Å². The standard InChI is InChI=1S/C11H15ClN2O3/c1-7(2)13-9(15)6-14(3)11(16)8-4-5-17-10(8)12/h4-5,7H,6H2,1-3H3,(H,13,15). The average Bonchev–Trinajstić information content (AvgIpc) is 2.61. The van der Waals surface area contributed by atoms with Crippen LogP contribution in [0.3, 0.4) is 0 Å². The number of carbonyl (C=O) groups is 2. The number of hydrogen-bond acceptors (Lipinski definition) is 3. The molecule has 0 fully saturated rings. The molecule has 1 N–H and O–H groups in total. The molecule has 1 heterocycles. The molecule has 0 radical (unpaired) electrons. The zero-order valence-corrected chi connectivity index (χ0v) is 10.7. The summed E-state index contributed by atoms with van der Waals surface area (Å²) in [4.78, 5) is 24.6. The van der Waals surface area contributed by atoms with Crippen LogP contribution in [0.25, 0.3) is 0 Å². The Labute approximate surface area is 105 Å². The summed E-state index contributed by atoms with van der Waals surface area (Å²) in [5.41, 5.74) is 0.256. The molecule has 1 aromatic rings. The van der Waals surface area contributed by atoms with Crippen molar-refractivity contribution in [3.8, 4) is 0 Å². The van der Waals surface area contributed by atoms with E-state index in [2.05, 4.69) is 5.32 Å². The number of furan rings is 1. The molecule has 2 amide bonds. The number of rotatable bonds is 4. The van der Waals surface area contributed by atoms with E-state index in [1.807, 2.05) is 13.8 Å². The number of likely N-dealkylation sites (N-methyl/N-ethyl adjacent to an activating group) is 1. The molecule has 0 bridgehead atoms. The van der Waals surface area contributed by atoms with E-state index in [9.17, 15) is 9.59 Å². The summed E-state index contributed by atoms with van der Waals surface area (Å²) >= 11 is 5.68. The van der Waals surface area contributed by atoms with Crippen molar-refractivity contribution in [1.29, 1.82) is 0 Å². The topological polar surface area (TPSA) is 62.6 Å². The van der Waals surface area contributed by atoms with Crippen LogP contribution in [0.1, 0.15) is 24.2 Å². The van der Waals surface area contributed by atoms with Crippen LogP contribution in [-0.4, -0.2) is 36.3 Å². The first-order valence-corrected chi connectivity index (χ1v) is 5.57. The largest absolute Gasteiger partial charge is 0.452 e. The molecule has 0 aliphatic heterocycles. The van der Waals surface area contributed by atoms with E-state index in [4.69, 9.17) is 16.0 Å². The highest BCUT2D eigenvalue weighted by atomic mass is 35.5. The first-order chi connectivity index (χ1) is 7.91. The molecule has 1 rings (SSSR count). The summed E-state index contributed by atoms with van der Waals surface area (Å²) in [6.45, 7) is 3.69. The Hall–Kier alpha value is -1.49. The van der Waals surface area contributed by atoms with Gasteiger partial charge in [-0.2, -0.15) is 0 Å². The summed E-state index contributed by atoms with van der Waals surface area (Å²) in [5.74, 6) is -0.557. The van der Waals surface area contributed by atoms with E-state index in [1.54, 1.807) is 0 Å². The molecule has 0 saturated carbocycles. The van der Waals surface area contributed by atoms with Gasteiger partial charge in [-0.05, 0) is 31.5 Å². The van der Waals surface area contributed by atoms with Gasteiger partial charge in [-0.3, -0.25) is 9.59 Å². The Morgan fingerprint density at radius 3 is 2.65 bits per heavy atom. The van der Waals surface area contributed by atoms with Crippen molar-refractivity contribution in [2.75, 3.05) is 13.6 Å². The zero-order chi connectivity index (χ0) is 13.0. The fourth-order valence-electron chi connectivity index (χ4n) is 1.31. The zero-order valence-electron chi connectivity index (χ0n) is 9.99. The minimum Gasteiger partial charge on any atom is -0.452 e. The van der Waals surface area contributed by atoms with Gasteiger partial charge < -0.3 is 14.6 Å². The van der Waals surface area contributed by atoms with E-state index >= 15 is 0 Å². The molecule has 94 valence electrons. The van der Waals surface area contributed by atoms with Gasteiger partial charge in [-0.15, -0.1) is 0 Å². The second kappa shape index (κ2) is 5.72. The van der Waals surface area contributed by atoms with Gasteiger partial charge in [0, 0.05) is 13.1 Å². The third kappa shape index (κ3) is 3.78. The van der Waals surface area contributed by atoms with Gasteiger partial charge in [-0.1, -0.05) is 0 Å². The third-order valence-corrected chi connectivity index (χ3v) is 2.32. The fraction of sp³-hybridized carbons (Fsp3) is 0.455. The van der Waals surface area contributed by atoms with E-state index in [0.717, 1.165) is 0 Å². The first kappa shape index (κ1) is 13.6. The average molecular weight is 259 g/mol. The molecular formula is C11H15ClN2O3. The van der Waals surface area contributed by atoms with Crippen molar-refractivity contribution in [2.45, 2.75) is 19.9 Å². The van der Waals surface area contributed by atoms with Crippen molar-refractivity contribution in [3.05, 3.63) is 23.1 Å². The number of carbonyl (C=O) groups excluding carboxylic acids is 2. The quantitative estimate of drug-likeness (QED) is 0.891. The van der Waals surface area contributed by atoms with Gasteiger partial charge >= 0.3 is 0 Å². The number of halogens is 1. The lowest BCUT2D eigenvalue weighted by molar-refractivity contribution is -0.122. The Kier molecular flexibility index (Phi) is 4.57. The smallest absolute Gasteiger partial charge is 0.258 e. The normalized spacial score (nSPS) is 10.4. The fourth-order valence-corrected chi connectivity index (χ4v) is 1.50. The second-order valence-electron chi connectivity index (χ2n) is 3.99. The van der Waals surface area contributed by atoms with E-state index in [1.165, 1.54) is 24.3 Å². The number of hydrogen-bond donors (Lipinski definition) is 1. The van der Waals surface area contributed by atoms with Crippen LogP contribution >= 0.6 is 11.6 Å². The molecule has 0 atom stereocenters. The molecule has 0 unspecified atom stereocenters. The minimum absolute atomic E-state index is 0.0154. The van der Waals surface area contributed by atoms with Crippen LogP contribution < -0.4 is 5.32 Å². The summed E-state index contributed by atoms with van der Waals surface area (Å²) in [6, 6.07) is 1.52. The maximum atomic E-state index is 11.8. The molecule has 17 heavy (non-hydrogen) atoms. The summed E-state index contributed by atoms with van der Waals surface area (Å²) in [5, 5.41) is 2.73. The van der Waals surface area contributed by atoms with Crippen LogP contribution in [0.2, 0.25) is 5.22 Å². The van der Waals surface area contributed by atoms with Crippen molar-refractivity contribution in [2.24, 2.45) is 0 Å². The van der Waals surface area contributed by atoms with Gasteiger partial charge in [0.15, 0.2) is 0 Å². The van der Waals surface area contributed by atoms with Crippen molar-refractivity contribution < 1.29 is 14.0 Å². The summed E-state index contributed by atoms with van der Waals surface area (Å²) in [6.07, 6.45) is 1.33. The van der Waals surface area contributed by atoms with E-state index in [0.29, 0.717) is 0 Å². The minimum atomic E-state index is -0.345. The van der Waals surface area contributed by atoms with Crippen LogP contribution in [-0.2, 0) is 4.79 Å². The predicted octanol–water partition coefficient (Wildman–Crippen LogP) is 1.53. The van der Waals surface area contributed by atoms with Crippen LogP contribution in [0, 0.1) is 0 Å². The van der Waals surface area contributed by atoms with Gasteiger partial charge in [0.05, 0.1) is 18.4 Å². The molecule has 0 aromatic carbocycles. The van der Waals surface area contributed by atoms with Gasteiger partial charge in [0.1, 0.15) is 0 Å². The molecule has 0 aliphatic carbocycles. The van der Waals surface area contributed by atoms with Gasteiger partial charge in [-0.25, -0.2) is 0 Å². The summed E-state index contributed by atoms with van der Waals surface area (Å²) < 4.78 is 4.82. The highest BCUT2D eigenvalue weighted by molar-refractivity contribution is 6.32. The summed E-state index contributed by atoms with van der Waals surface area (Å²) in [7, 11) is 1.53. The van der Waals surface area contributed by atoms with Crippen LogP contribution in [0.15, 0.2) is 16.7 Å². The predicted molar refractivity (Wildman–Crippen MR) is 64.0 cm³/mol. The van der Waals surface area contributed by atoms with Crippen LogP contribution in [0.5, 0.6) is 0 Å². The van der Waals surface area contributed by atoms with Crippen molar-refractivity contribution in [3.63, 3.8) is 0 Å². The Morgan fingerprint density at radius 2 is 2.18 bits per heavy atom. The maximum Gasteiger partial charge on any atom is 0.258 e. The van der Waals surface area contributed by atoms with Crippen molar-refractivity contribution >= 4 is 23.4 Å². The highest BCUT2D eigenvalue weighted by Crippen LogP contribution is 2.17. The number of amides is 2. The molecule has 6 heteroatoms. The molecule has 1 aromatic heterocycles. The van der Waals surface area contributed by atoms with Gasteiger partial charge in [0.25, 0.3) is 5.91 Å². The molecule has 0 spiro atoms.